The van der Waals surface area contributed by atoms with Crippen LogP contribution in [0.25, 0.3) is 10.2 Å². The molecule has 3 aliphatic rings. The van der Waals surface area contributed by atoms with Crippen molar-refractivity contribution in [1.29, 1.82) is 0 Å². The fraction of sp³-hybridized carbons (Fsp3) is 0.455. The highest BCUT2D eigenvalue weighted by Crippen LogP contribution is 2.36. The van der Waals surface area contributed by atoms with Gasteiger partial charge < -0.3 is 4.90 Å². The van der Waals surface area contributed by atoms with E-state index in [0.29, 0.717) is 31.8 Å². The smallest absolute Gasteiger partial charge is 0.242 e. The minimum atomic E-state index is -0.273. The van der Waals surface area contributed by atoms with Crippen LogP contribution in [0, 0.1) is 11.8 Å². The van der Waals surface area contributed by atoms with E-state index >= 15 is 0 Å². The van der Waals surface area contributed by atoms with Crippen molar-refractivity contribution in [2.24, 2.45) is 11.8 Å². The zero-order chi connectivity index (χ0) is 20.0. The fourth-order valence-electron chi connectivity index (χ4n) is 4.70. The number of piperidine rings is 1. The summed E-state index contributed by atoms with van der Waals surface area (Å²) in [6.45, 7) is 1.17. The Hall–Kier alpha value is -2.54. The number of likely N-dealkylation sites (tertiary alicyclic amines) is 2. The molecule has 2 saturated heterocycles. The predicted octanol–water partition coefficient (Wildman–Crippen LogP) is 2.95. The van der Waals surface area contributed by atoms with Gasteiger partial charge in [0.05, 0.1) is 27.1 Å². The molecule has 0 N–H and O–H groups in total. The molecule has 2 atom stereocenters. The van der Waals surface area contributed by atoms with E-state index in [-0.39, 0.29) is 36.1 Å². The van der Waals surface area contributed by atoms with Gasteiger partial charge in [-0.3, -0.25) is 19.3 Å². The molecule has 0 radical (unpaired) electrons. The summed E-state index contributed by atoms with van der Waals surface area (Å²) in [6.07, 6.45) is 6.86. The van der Waals surface area contributed by atoms with Gasteiger partial charge in [-0.15, -0.1) is 11.3 Å². The molecule has 0 saturated carbocycles. The van der Waals surface area contributed by atoms with Crippen LogP contribution in [0.1, 0.15) is 36.6 Å². The molecular formula is C22H23N3O3S. The van der Waals surface area contributed by atoms with Crippen LogP contribution >= 0.6 is 11.3 Å². The van der Waals surface area contributed by atoms with Crippen LogP contribution in [-0.2, 0) is 14.4 Å². The van der Waals surface area contributed by atoms with Crippen LogP contribution in [0.4, 0.5) is 0 Å². The molecule has 1 aliphatic carbocycles. The highest BCUT2D eigenvalue weighted by atomic mass is 32.1. The number of carbonyl (C=O) groups excluding carboxylic acids is 3. The molecular weight excluding hydrogens is 386 g/mol. The minimum absolute atomic E-state index is 0.115. The number of rotatable bonds is 3. The molecule has 2 fully saturated rings. The third kappa shape index (κ3) is 3.27. The molecule has 6 nitrogen and oxygen atoms in total. The van der Waals surface area contributed by atoms with E-state index in [1.54, 1.807) is 16.2 Å². The van der Waals surface area contributed by atoms with Crippen molar-refractivity contribution < 1.29 is 14.4 Å². The Labute approximate surface area is 173 Å². The number of fused-ring (bicyclic) bond motifs is 2. The van der Waals surface area contributed by atoms with Crippen LogP contribution in [-0.4, -0.2) is 52.1 Å². The third-order valence-electron chi connectivity index (χ3n) is 6.40. The summed E-state index contributed by atoms with van der Waals surface area (Å²) in [6, 6.07) is 8.15. The minimum Gasteiger partial charge on any atom is -0.341 e. The van der Waals surface area contributed by atoms with Crippen LogP contribution in [0.3, 0.4) is 0 Å². The van der Waals surface area contributed by atoms with Crippen LogP contribution in [0.15, 0.2) is 36.4 Å². The summed E-state index contributed by atoms with van der Waals surface area (Å²) >= 11 is 1.73. The molecule has 0 bridgehead atoms. The van der Waals surface area contributed by atoms with E-state index in [9.17, 15) is 14.4 Å². The summed E-state index contributed by atoms with van der Waals surface area (Å²) in [4.78, 5) is 45.7. The lowest BCUT2D eigenvalue weighted by molar-refractivity contribution is -0.147. The first-order valence-corrected chi connectivity index (χ1v) is 11.1. The number of carbonyl (C=O) groups is 3. The molecule has 0 unspecified atom stereocenters. The number of allylic oxidation sites excluding steroid dienone is 2. The Morgan fingerprint density at radius 2 is 1.69 bits per heavy atom. The van der Waals surface area contributed by atoms with E-state index in [1.165, 1.54) is 9.60 Å². The fourth-order valence-corrected chi connectivity index (χ4v) is 5.84. The normalized spacial score (nSPS) is 25.1. The number of nitrogens with zero attached hydrogens (tertiary/aromatic N) is 3. The van der Waals surface area contributed by atoms with E-state index in [0.717, 1.165) is 23.4 Å². The number of thiazole rings is 1. The molecule has 3 heterocycles. The topological polar surface area (TPSA) is 70.6 Å². The van der Waals surface area contributed by atoms with E-state index in [1.807, 2.05) is 30.4 Å². The highest BCUT2D eigenvalue weighted by Gasteiger charge is 2.48. The molecule has 5 rings (SSSR count). The average Bonchev–Trinajstić information content (AvgIpc) is 3.29. The van der Waals surface area contributed by atoms with Crippen molar-refractivity contribution in [2.75, 3.05) is 19.6 Å². The molecule has 7 heteroatoms. The van der Waals surface area contributed by atoms with Crippen molar-refractivity contribution in [1.82, 2.24) is 14.8 Å². The second-order valence-corrected chi connectivity index (χ2v) is 9.16. The van der Waals surface area contributed by atoms with Crippen LogP contribution in [0.5, 0.6) is 0 Å². The zero-order valence-corrected chi connectivity index (χ0v) is 16.9. The number of hydrogen-bond donors (Lipinski definition) is 0. The number of para-hydroxylation sites is 1. The monoisotopic (exact) mass is 409 g/mol. The predicted molar refractivity (Wildman–Crippen MR) is 110 cm³/mol. The van der Waals surface area contributed by atoms with E-state index < -0.39 is 0 Å². The lowest BCUT2D eigenvalue weighted by atomic mass is 9.85. The number of amides is 3. The van der Waals surface area contributed by atoms with Gasteiger partial charge in [-0.1, -0.05) is 24.3 Å². The zero-order valence-electron chi connectivity index (χ0n) is 16.1. The Balaban J connectivity index is 1.20. The number of imide groups is 1. The standard InChI is InChI=1S/C22H23N3O3S/c26-19(13-25-21(27)15-5-1-2-6-16(15)22(25)28)24-11-9-14(10-12-24)20-23-17-7-3-4-8-18(17)29-20/h1-4,7-8,14-16H,5-6,9-13H2/t15-,16-/m1/s1. The van der Waals surface area contributed by atoms with Gasteiger partial charge in [0.1, 0.15) is 6.54 Å². The molecule has 2 aliphatic heterocycles. The highest BCUT2D eigenvalue weighted by molar-refractivity contribution is 7.18. The van der Waals surface area contributed by atoms with Crippen molar-refractivity contribution in [3.8, 4) is 0 Å². The maximum Gasteiger partial charge on any atom is 0.242 e. The summed E-state index contributed by atoms with van der Waals surface area (Å²) < 4.78 is 1.20. The lowest BCUT2D eigenvalue weighted by Gasteiger charge is -2.32. The van der Waals surface area contributed by atoms with E-state index in [2.05, 4.69) is 6.07 Å². The van der Waals surface area contributed by atoms with Crippen molar-refractivity contribution >= 4 is 39.3 Å². The molecule has 29 heavy (non-hydrogen) atoms. The van der Waals surface area contributed by atoms with Gasteiger partial charge >= 0.3 is 0 Å². The van der Waals surface area contributed by atoms with Gasteiger partial charge in [-0.05, 0) is 37.8 Å². The number of aromatic nitrogens is 1. The van der Waals surface area contributed by atoms with Gasteiger partial charge in [0.25, 0.3) is 0 Å². The molecule has 0 spiro atoms. The average molecular weight is 410 g/mol. The largest absolute Gasteiger partial charge is 0.341 e. The van der Waals surface area contributed by atoms with Crippen LogP contribution in [0.2, 0.25) is 0 Å². The molecule has 1 aromatic carbocycles. The summed E-state index contributed by atoms with van der Waals surface area (Å²) in [5.41, 5.74) is 1.04. The Kier molecular flexibility index (Phi) is 4.70. The Morgan fingerprint density at radius 1 is 1.03 bits per heavy atom. The maximum absolute atomic E-state index is 12.8. The molecule has 1 aromatic heterocycles. The van der Waals surface area contributed by atoms with Gasteiger partial charge in [0.2, 0.25) is 17.7 Å². The van der Waals surface area contributed by atoms with Crippen LogP contribution < -0.4 is 0 Å². The second-order valence-electron chi connectivity index (χ2n) is 8.09. The van der Waals surface area contributed by atoms with Gasteiger partial charge in [-0.2, -0.15) is 0 Å². The second kappa shape index (κ2) is 7.37. The quantitative estimate of drug-likeness (QED) is 0.577. The van der Waals surface area contributed by atoms with E-state index in [4.69, 9.17) is 4.98 Å². The number of benzene rings is 1. The summed E-state index contributed by atoms with van der Waals surface area (Å²) in [5.74, 6) is -0.666. The Bertz CT molecular complexity index is 947. The first-order valence-electron chi connectivity index (χ1n) is 10.3. The first kappa shape index (κ1) is 18.5. The number of hydrogen-bond acceptors (Lipinski definition) is 5. The van der Waals surface area contributed by atoms with Gasteiger partial charge in [0, 0.05) is 19.0 Å². The third-order valence-corrected chi connectivity index (χ3v) is 7.60. The van der Waals surface area contributed by atoms with Crippen molar-refractivity contribution in [3.05, 3.63) is 41.4 Å². The maximum atomic E-state index is 12.8. The van der Waals surface area contributed by atoms with Gasteiger partial charge in [0.15, 0.2) is 0 Å². The summed E-state index contributed by atoms with van der Waals surface area (Å²) in [5, 5.41) is 1.14. The van der Waals surface area contributed by atoms with Crippen molar-refractivity contribution in [3.63, 3.8) is 0 Å². The molecule has 3 amide bonds. The first-order chi connectivity index (χ1) is 14.1. The lowest BCUT2D eigenvalue weighted by Crippen LogP contribution is -2.45. The van der Waals surface area contributed by atoms with Gasteiger partial charge in [-0.25, -0.2) is 4.98 Å². The summed E-state index contributed by atoms with van der Waals surface area (Å²) in [7, 11) is 0. The molecule has 2 aromatic rings. The molecule has 150 valence electrons. The van der Waals surface area contributed by atoms with Crippen molar-refractivity contribution in [2.45, 2.75) is 31.6 Å². The Morgan fingerprint density at radius 3 is 2.34 bits per heavy atom. The SMILES string of the molecule is O=C(CN1C(=O)[C@@H]2CC=CC[C@H]2C1=O)N1CCC(c2nc3ccccc3s2)CC1.